The van der Waals surface area contributed by atoms with Gasteiger partial charge < -0.3 is 19.5 Å². The molecule has 2 N–H and O–H groups in total. The van der Waals surface area contributed by atoms with Crippen molar-refractivity contribution in [3.63, 3.8) is 0 Å². The van der Waals surface area contributed by atoms with E-state index in [1.165, 1.54) is 7.11 Å². The Morgan fingerprint density at radius 2 is 1.83 bits per heavy atom. The molecule has 0 aromatic heterocycles. The van der Waals surface area contributed by atoms with Gasteiger partial charge in [-0.1, -0.05) is 12.1 Å². The number of rotatable bonds is 10. The van der Waals surface area contributed by atoms with E-state index in [0.717, 1.165) is 16.8 Å². The van der Waals surface area contributed by atoms with Crippen LogP contribution in [-0.4, -0.2) is 38.4 Å². The van der Waals surface area contributed by atoms with Crippen LogP contribution in [0.25, 0.3) is 0 Å². The van der Waals surface area contributed by atoms with Crippen molar-refractivity contribution in [2.24, 2.45) is 5.10 Å². The Labute approximate surface area is 212 Å². The van der Waals surface area contributed by atoms with E-state index < -0.39 is 5.97 Å². The second-order valence-electron chi connectivity index (χ2n) is 7.41. The summed E-state index contributed by atoms with van der Waals surface area (Å²) in [4.78, 5) is 24.1. The van der Waals surface area contributed by atoms with Crippen LogP contribution in [0.5, 0.6) is 11.5 Å². The van der Waals surface area contributed by atoms with Crippen molar-refractivity contribution in [1.82, 2.24) is 0 Å². The molecule has 0 bridgehead atoms. The molecule has 3 aromatic carbocycles. The maximum Gasteiger partial charge on any atom is 0.338 e. The second-order valence-corrected chi connectivity index (χ2v) is 8.26. The summed E-state index contributed by atoms with van der Waals surface area (Å²) < 4.78 is 16.7. The first-order valence-corrected chi connectivity index (χ1v) is 11.6. The number of aryl methyl sites for hydroxylation is 1. The average molecular weight is 540 g/mol. The maximum absolute atomic E-state index is 12.4. The van der Waals surface area contributed by atoms with Gasteiger partial charge in [0.25, 0.3) is 5.91 Å². The van der Waals surface area contributed by atoms with Gasteiger partial charge in [-0.25, -0.2) is 4.79 Å². The van der Waals surface area contributed by atoms with Crippen LogP contribution in [0, 0.1) is 6.92 Å². The van der Waals surface area contributed by atoms with Crippen LogP contribution in [-0.2, 0) is 9.53 Å². The smallest absolute Gasteiger partial charge is 0.338 e. The third-order valence-corrected chi connectivity index (χ3v) is 5.29. The molecule has 0 saturated heterocycles. The Hall–Kier alpha value is -3.85. The van der Waals surface area contributed by atoms with E-state index in [4.69, 9.17) is 14.2 Å². The van der Waals surface area contributed by atoms with Crippen LogP contribution in [0.2, 0.25) is 0 Å². The number of benzene rings is 3. The van der Waals surface area contributed by atoms with Gasteiger partial charge in [0.1, 0.15) is 0 Å². The van der Waals surface area contributed by atoms with E-state index in [-0.39, 0.29) is 12.5 Å². The number of anilines is 2. The van der Waals surface area contributed by atoms with Crippen LogP contribution < -0.4 is 20.2 Å². The zero-order chi connectivity index (χ0) is 25.2. The molecule has 0 aliphatic carbocycles. The van der Waals surface area contributed by atoms with E-state index in [9.17, 15) is 9.59 Å². The molecule has 3 rings (SSSR count). The number of esters is 1. The largest absolute Gasteiger partial charge is 0.493 e. The first-order chi connectivity index (χ1) is 16.9. The van der Waals surface area contributed by atoms with Gasteiger partial charge in [0.05, 0.1) is 35.7 Å². The fourth-order valence-corrected chi connectivity index (χ4v) is 3.66. The number of methoxy groups -OCH3 is 1. The highest BCUT2D eigenvalue weighted by atomic mass is 79.9. The topological polar surface area (TPSA) is 98.2 Å². The summed E-state index contributed by atoms with van der Waals surface area (Å²) in [6.45, 7) is 3.81. The molecule has 0 heterocycles. The molecule has 0 unspecified atom stereocenters. The van der Waals surface area contributed by atoms with Gasteiger partial charge in [-0.2, -0.15) is 5.10 Å². The number of amides is 1. The summed E-state index contributed by atoms with van der Waals surface area (Å²) in [5, 5.41) is 6.99. The molecule has 35 heavy (non-hydrogen) atoms. The zero-order valence-corrected chi connectivity index (χ0v) is 21.2. The average Bonchev–Trinajstić information content (AvgIpc) is 2.83. The molecule has 0 saturated carbocycles. The molecule has 0 aliphatic heterocycles. The third-order valence-electron chi connectivity index (χ3n) is 4.70. The summed E-state index contributed by atoms with van der Waals surface area (Å²) in [7, 11) is 1.52. The van der Waals surface area contributed by atoms with Crippen molar-refractivity contribution >= 4 is 45.4 Å². The van der Waals surface area contributed by atoms with E-state index in [1.54, 1.807) is 43.5 Å². The van der Waals surface area contributed by atoms with Gasteiger partial charge >= 0.3 is 5.97 Å². The SMILES string of the molecule is CCOC(=O)c1ccc(NC(=O)COc2c(Br)cc(C=NNc3cccc(C)c3)cc2OC)cc1. The number of carbonyl (C=O) groups excluding carboxylic acids is 2. The molecule has 3 aromatic rings. The first kappa shape index (κ1) is 25.8. The predicted molar refractivity (Wildman–Crippen MR) is 140 cm³/mol. The molecule has 8 nitrogen and oxygen atoms in total. The molecule has 0 fully saturated rings. The van der Waals surface area contributed by atoms with Crippen LogP contribution in [0.4, 0.5) is 11.4 Å². The third kappa shape index (κ3) is 7.58. The van der Waals surface area contributed by atoms with Gasteiger partial charge in [0.2, 0.25) is 0 Å². The minimum Gasteiger partial charge on any atom is -0.493 e. The number of nitrogens with zero attached hydrogens (tertiary/aromatic N) is 1. The summed E-state index contributed by atoms with van der Waals surface area (Å²) in [6.07, 6.45) is 1.66. The number of nitrogens with one attached hydrogen (secondary N) is 2. The molecule has 0 aliphatic rings. The molecular weight excluding hydrogens is 514 g/mol. The fourth-order valence-electron chi connectivity index (χ4n) is 3.09. The van der Waals surface area contributed by atoms with Gasteiger partial charge in [-0.05, 0) is 89.4 Å². The molecule has 0 radical (unpaired) electrons. The van der Waals surface area contributed by atoms with E-state index in [0.29, 0.717) is 33.8 Å². The van der Waals surface area contributed by atoms with Crippen molar-refractivity contribution in [3.05, 3.63) is 81.8 Å². The molecule has 182 valence electrons. The quantitative estimate of drug-likeness (QED) is 0.203. The minimum atomic E-state index is -0.412. The number of halogens is 1. The van der Waals surface area contributed by atoms with Crippen LogP contribution in [0.15, 0.2) is 70.2 Å². The van der Waals surface area contributed by atoms with Crippen molar-refractivity contribution in [2.45, 2.75) is 13.8 Å². The Morgan fingerprint density at radius 3 is 2.51 bits per heavy atom. The van der Waals surface area contributed by atoms with Crippen LogP contribution in [0.3, 0.4) is 0 Å². The fraction of sp³-hybridized carbons (Fsp3) is 0.192. The highest BCUT2D eigenvalue weighted by Gasteiger charge is 2.14. The highest BCUT2D eigenvalue weighted by Crippen LogP contribution is 2.36. The van der Waals surface area contributed by atoms with Gasteiger partial charge in [0, 0.05) is 5.69 Å². The van der Waals surface area contributed by atoms with Crippen LogP contribution in [0.1, 0.15) is 28.4 Å². The van der Waals surface area contributed by atoms with E-state index >= 15 is 0 Å². The molecule has 1 amide bonds. The number of hydrogen-bond acceptors (Lipinski definition) is 7. The lowest BCUT2D eigenvalue weighted by atomic mass is 10.2. The lowest BCUT2D eigenvalue weighted by Gasteiger charge is -2.13. The van der Waals surface area contributed by atoms with Crippen molar-refractivity contribution in [1.29, 1.82) is 0 Å². The Morgan fingerprint density at radius 1 is 1.06 bits per heavy atom. The predicted octanol–water partition coefficient (Wildman–Crippen LogP) is 5.41. The van der Waals surface area contributed by atoms with Gasteiger partial charge in [0.15, 0.2) is 18.1 Å². The van der Waals surface area contributed by atoms with Crippen molar-refractivity contribution in [2.75, 3.05) is 31.1 Å². The normalized spacial score (nSPS) is 10.6. The molecule has 0 spiro atoms. The van der Waals surface area contributed by atoms with Crippen molar-refractivity contribution < 1.29 is 23.8 Å². The highest BCUT2D eigenvalue weighted by molar-refractivity contribution is 9.10. The van der Waals surface area contributed by atoms with Crippen molar-refractivity contribution in [3.8, 4) is 11.5 Å². The summed E-state index contributed by atoms with van der Waals surface area (Å²) in [5.41, 5.74) is 6.72. The van der Waals surface area contributed by atoms with Crippen LogP contribution >= 0.6 is 15.9 Å². The maximum atomic E-state index is 12.4. The number of ether oxygens (including phenoxy) is 3. The van der Waals surface area contributed by atoms with E-state index in [2.05, 4.69) is 31.8 Å². The second kappa shape index (κ2) is 12.6. The molecular formula is C26H26BrN3O5. The lowest BCUT2D eigenvalue weighted by Crippen LogP contribution is -2.20. The van der Waals surface area contributed by atoms with Gasteiger partial charge in [-0.15, -0.1) is 0 Å². The lowest BCUT2D eigenvalue weighted by molar-refractivity contribution is -0.118. The summed E-state index contributed by atoms with van der Waals surface area (Å²) in [6, 6.07) is 17.9. The monoisotopic (exact) mass is 539 g/mol. The van der Waals surface area contributed by atoms with Gasteiger partial charge in [-0.3, -0.25) is 10.2 Å². The minimum absolute atomic E-state index is 0.239. The number of hydrazone groups is 1. The number of carbonyl (C=O) groups is 2. The zero-order valence-electron chi connectivity index (χ0n) is 19.6. The molecule has 0 atom stereocenters. The Bertz CT molecular complexity index is 1210. The van der Waals surface area contributed by atoms with E-state index in [1.807, 2.05) is 37.3 Å². The summed E-state index contributed by atoms with van der Waals surface area (Å²) in [5.74, 6) is 0.0630. The first-order valence-electron chi connectivity index (χ1n) is 10.8. The summed E-state index contributed by atoms with van der Waals surface area (Å²) >= 11 is 3.47. The Balaban J connectivity index is 1.59. The Kier molecular flexibility index (Phi) is 9.25. The molecule has 9 heteroatoms. The number of hydrogen-bond donors (Lipinski definition) is 2. The standard InChI is InChI=1S/C26H26BrN3O5/c1-4-34-26(32)19-8-10-20(11-9-19)29-24(31)16-35-25-22(27)13-18(14-23(25)33-3)15-28-30-21-7-5-6-17(2)12-21/h5-15,30H,4,16H2,1-3H3,(H,29,31).